The molecule has 0 spiro atoms. The molecule has 0 aliphatic carbocycles. The molecule has 8 heteroatoms. The summed E-state index contributed by atoms with van der Waals surface area (Å²) in [5.41, 5.74) is 6.73. The number of hydrogen-bond donors (Lipinski definition) is 2. The maximum atomic E-state index is 11.8. The lowest BCUT2D eigenvalue weighted by molar-refractivity contribution is -0.384. The number of hydrazone groups is 2. The molecule has 0 saturated heterocycles. The Kier molecular flexibility index (Phi) is 5.73. The van der Waals surface area contributed by atoms with Crippen molar-refractivity contribution >= 4 is 29.2 Å². The van der Waals surface area contributed by atoms with Crippen molar-refractivity contribution in [2.24, 2.45) is 10.2 Å². The van der Waals surface area contributed by atoms with Gasteiger partial charge in [-0.1, -0.05) is 18.2 Å². The number of rotatable bonds is 6. The Bertz CT molecular complexity index is 770. The van der Waals surface area contributed by atoms with Crippen molar-refractivity contribution in [3.05, 3.63) is 70.3 Å². The van der Waals surface area contributed by atoms with E-state index < -0.39 is 4.92 Å². The first-order chi connectivity index (χ1) is 11.6. The van der Waals surface area contributed by atoms with Gasteiger partial charge >= 0.3 is 0 Å². The molecule has 0 aliphatic rings. The first kappa shape index (κ1) is 16.8. The largest absolute Gasteiger partial charge is 0.278 e. The van der Waals surface area contributed by atoms with E-state index in [1.807, 2.05) is 6.07 Å². The third kappa shape index (κ3) is 5.02. The van der Waals surface area contributed by atoms with Crippen molar-refractivity contribution in [1.29, 1.82) is 0 Å². The Balaban J connectivity index is 1.87. The number of anilines is 1. The molecule has 0 heterocycles. The summed E-state index contributed by atoms with van der Waals surface area (Å²) in [5, 5.41) is 18.4. The van der Waals surface area contributed by atoms with Crippen LogP contribution in [0, 0.1) is 10.1 Å². The molecular weight excluding hydrogens is 310 g/mol. The number of nitro benzene ring substituents is 1. The minimum atomic E-state index is -0.473. The fourth-order valence-electron chi connectivity index (χ4n) is 1.68. The highest BCUT2D eigenvalue weighted by atomic mass is 16.6. The molecule has 0 bridgehead atoms. The fraction of sp³-hybridized carbons (Fsp3) is 0.0625. The van der Waals surface area contributed by atoms with Gasteiger partial charge in [0.25, 0.3) is 11.6 Å². The molecule has 24 heavy (non-hydrogen) atoms. The van der Waals surface area contributed by atoms with Gasteiger partial charge in [0.1, 0.15) is 0 Å². The zero-order valence-electron chi connectivity index (χ0n) is 12.8. The maximum Gasteiger partial charge on any atom is 0.271 e. The molecule has 0 aromatic heterocycles. The average molecular weight is 325 g/mol. The van der Waals surface area contributed by atoms with E-state index in [1.165, 1.54) is 18.3 Å². The van der Waals surface area contributed by atoms with Crippen LogP contribution >= 0.6 is 0 Å². The summed E-state index contributed by atoms with van der Waals surface area (Å²) < 4.78 is 0. The molecule has 2 aromatic carbocycles. The van der Waals surface area contributed by atoms with Crippen LogP contribution in [-0.2, 0) is 0 Å². The standard InChI is InChI=1S/C16H15N5O3/c1-12(18-20-16(22)13-5-3-2-4-6-13)11-17-19-14-7-9-15(10-8-14)21(23)24/h2-11,19H,1H3,(H,20,22)/b17-11+,18-12+. The lowest BCUT2D eigenvalue weighted by Crippen LogP contribution is -2.19. The summed E-state index contributed by atoms with van der Waals surface area (Å²) in [6.07, 6.45) is 1.42. The second-order valence-corrected chi connectivity index (χ2v) is 4.73. The minimum absolute atomic E-state index is 0.00546. The topological polar surface area (TPSA) is 109 Å². The summed E-state index contributed by atoms with van der Waals surface area (Å²) >= 11 is 0. The fourth-order valence-corrected chi connectivity index (χ4v) is 1.68. The number of carbonyl (C=O) groups is 1. The number of nitro groups is 1. The quantitative estimate of drug-likeness (QED) is 0.483. The molecule has 0 fully saturated rings. The number of nitrogens with zero attached hydrogens (tertiary/aromatic N) is 3. The van der Waals surface area contributed by atoms with Gasteiger partial charge in [0.15, 0.2) is 0 Å². The van der Waals surface area contributed by atoms with E-state index in [9.17, 15) is 14.9 Å². The van der Waals surface area contributed by atoms with Gasteiger partial charge in [0.2, 0.25) is 0 Å². The third-order valence-corrected chi connectivity index (χ3v) is 2.89. The number of carbonyl (C=O) groups excluding carboxylic acids is 1. The van der Waals surface area contributed by atoms with Crippen molar-refractivity contribution in [3.63, 3.8) is 0 Å². The van der Waals surface area contributed by atoms with E-state index in [1.54, 1.807) is 43.3 Å². The van der Waals surface area contributed by atoms with Crippen LogP contribution in [0.5, 0.6) is 0 Å². The van der Waals surface area contributed by atoms with Crippen molar-refractivity contribution in [2.45, 2.75) is 6.92 Å². The van der Waals surface area contributed by atoms with Gasteiger partial charge in [0, 0.05) is 17.7 Å². The van der Waals surface area contributed by atoms with E-state index in [-0.39, 0.29) is 11.6 Å². The number of amides is 1. The van der Waals surface area contributed by atoms with Crippen LogP contribution in [0.4, 0.5) is 11.4 Å². The normalized spacial score (nSPS) is 11.3. The van der Waals surface area contributed by atoms with Crippen LogP contribution in [0.15, 0.2) is 64.8 Å². The predicted octanol–water partition coefficient (Wildman–Crippen LogP) is 2.80. The SMILES string of the molecule is CC(/C=N/Nc1ccc([N+](=O)[O-])cc1)=N\NC(=O)c1ccccc1. The van der Waals surface area contributed by atoms with Crippen molar-refractivity contribution in [2.75, 3.05) is 5.43 Å². The van der Waals surface area contributed by atoms with Crippen LogP contribution in [0.1, 0.15) is 17.3 Å². The maximum absolute atomic E-state index is 11.8. The molecule has 0 radical (unpaired) electrons. The van der Waals surface area contributed by atoms with Gasteiger partial charge < -0.3 is 0 Å². The molecule has 0 atom stereocenters. The van der Waals surface area contributed by atoms with Crippen molar-refractivity contribution in [3.8, 4) is 0 Å². The van der Waals surface area contributed by atoms with E-state index in [2.05, 4.69) is 21.1 Å². The highest BCUT2D eigenvalue weighted by molar-refractivity contribution is 6.29. The summed E-state index contributed by atoms with van der Waals surface area (Å²) in [6.45, 7) is 1.67. The van der Waals surface area contributed by atoms with Crippen molar-refractivity contribution in [1.82, 2.24) is 5.43 Å². The number of benzene rings is 2. The summed E-state index contributed by atoms with van der Waals surface area (Å²) in [6, 6.07) is 14.6. The minimum Gasteiger partial charge on any atom is -0.278 e. The molecule has 0 aliphatic heterocycles. The van der Waals surface area contributed by atoms with Gasteiger partial charge in [-0.3, -0.25) is 20.3 Å². The number of non-ortho nitro benzene ring substituents is 1. The van der Waals surface area contributed by atoms with Gasteiger partial charge in [0.05, 0.1) is 22.5 Å². The molecule has 122 valence electrons. The molecule has 1 amide bonds. The van der Waals surface area contributed by atoms with E-state index in [0.29, 0.717) is 17.0 Å². The monoisotopic (exact) mass is 325 g/mol. The molecule has 2 aromatic rings. The Labute approximate surface area is 138 Å². The summed E-state index contributed by atoms with van der Waals surface area (Å²) in [7, 11) is 0. The first-order valence-electron chi connectivity index (χ1n) is 6.99. The van der Waals surface area contributed by atoms with Crippen LogP contribution in [-0.4, -0.2) is 22.8 Å². The zero-order chi connectivity index (χ0) is 17.4. The Morgan fingerprint density at radius 3 is 2.42 bits per heavy atom. The average Bonchev–Trinajstić information content (AvgIpc) is 2.61. The molecule has 2 N–H and O–H groups in total. The van der Waals surface area contributed by atoms with Crippen LogP contribution in [0.2, 0.25) is 0 Å². The van der Waals surface area contributed by atoms with Crippen LogP contribution in [0.3, 0.4) is 0 Å². The van der Waals surface area contributed by atoms with Gasteiger partial charge in [-0.05, 0) is 31.2 Å². The lowest BCUT2D eigenvalue weighted by atomic mass is 10.2. The smallest absolute Gasteiger partial charge is 0.271 e. The summed E-state index contributed by atoms with van der Waals surface area (Å²) in [4.78, 5) is 21.9. The van der Waals surface area contributed by atoms with E-state index >= 15 is 0 Å². The summed E-state index contributed by atoms with van der Waals surface area (Å²) in [5.74, 6) is -0.313. The Hall–Kier alpha value is -3.55. The lowest BCUT2D eigenvalue weighted by Gasteiger charge is -2.01. The Morgan fingerprint density at radius 1 is 1.12 bits per heavy atom. The van der Waals surface area contributed by atoms with Gasteiger partial charge in [-0.2, -0.15) is 10.2 Å². The molecule has 0 saturated carbocycles. The van der Waals surface area contributed by atoms with E-state index in [0.717, 1.165) is 0 Å². The van der Waals surface area contributed by atoms with Crippen LogP contribution < -0.4 is 10.9 Å². The van der Waals surface area contributed by atoms with Gasteiger partial charge in [-0.25, -0.2) is 5.43 Å². The van der Waals surface area contributed by atoms with Gasteiger partial charge in [-0.15, -0.1) is 0 Å². The Morgan fingerprint density at radius 2 is 1.79 bits per heavy atom. The molecular formula is C16H15N5O3. The van der Waals surface area contributed by atoms with Crippen LogP contribution in [0.25, 0.3) is 0 Å². The predicted molar refractivity (Wildman–Crippen MR) is 92.2 cm³/mol. The highest BCUT2D eigenvalue weighted by Gasteiger charge is 2.03. The second kappa shape index (κ2) is 8.18. The molecule has 0 unspecified atom stereocenters. The van der Waals surface area contributed by atoms with E-state index in [4.69, 9.17) is 0 Å². The third-order valence-electron chi connectivity index (χ3n) is 2.89. The molecule has 8 nitrogen and oxygen atoms in total. The number of nitrogens with one attached hydrogen (secondary N) is 2. The number of hydrogen-bond acceptors (Lipinski definition) is 6. The van der Waals surface area contributed by atoms with Crippen molar-refractivity contribution < 1.29 is 9.72 Å². The highest BCUT2D eigenvalue weighted by Crippen LogP contribution is 2.14. The zero-order valence-corrected chi connectivity index (χ0v) is 12.8. The molecule has 2 rings (SSSR count). The second-order valence-electron chi connectivity index (χ2n) is 4.73. The first-order valence-corrected chi connectivity index (χ1v) is 6.99.